The van der Waals surface area contributed by atoms with Gasteiger partial charge in [-0.25, -0.2) is 0 Å². The zero-order valence-corrected chi connectivity index (χ0v) is 13.4. The van der Waals surface area contributed by atoms with Crippen molar-refractivity contribution < 1.29 is 9.84 Å². The highest BCUT2D eigenvalue weighted by Gasteiger charge is 2.28. The van der Waals surface area contributed by atoms with Crippen molar-refractivity contribution in [3.05, 3.63) is 42.0 Å². The van der Waals surface area contributed by atoms with E-state index in [2.05, 4.69) is 34.5 Å². The van der Waals surface area contributed by atoms with Gasteiger partial charge in [-0.05, 0) is 53.2 Å². The highest BCUT2D eigenvalue weighted by Crippen LogP contribution is 2.29. The number of fused-ring (bicyclic) bond motifs is 1. The lowest BCUT2D eigenvalue weighted by atomic mass is 10.0. The van der Waals surface area contributed by atoms with Crippen molar-refractivity contribution in [3.63, 3.8) is 0 Å². The molecule has 2 aromatic carbocycles. The summed E-state index contributed by atoms with van der Waals surface area (Å²) < 4.78 is 5.27. The Hall–Kier alpha value is -1.85. The van der Waals surface area contributed by atoms with Crippen molar-refractivity contribution in [2.75, 3.05) is 26.8 Å². The van der Waals surface area contributed by atoms with Crippen LogP contribution in [0.1, 0.15) is 18.0 Å². The van der Waals surface area contributed by atoms with Gasteiger partial charge in [-0.2, -0.15) is 0 Å². The first-order valence-corrected chi connectivity index (χ1v) is 7.87. The van der Waals surface area contributed by atoms with Crippen LogP contribution < -0.4 is 10.1 Å². The van der Waals surface area contributed by atoms with E-state index >= 15 is 0 Å². The maximum atomic E-state index is 9.06. The van der Waals surface area contributed by atoms with Crippen LogP contribution in [0.15, 0.2) is 36.4 Å². The van der Waals surface area contributed by atoms with E-state index in [0.29, 0.717) is 0 Å². The number of aliphatic hydroxyl groups excluding tert-OH is 1. The predicted octanol–water partition coefficient (Wildman–Crippen LogP) is 2.46. The van der Waals surface area contributed by atoms with Gasteiger partial charge in [0.15, 0.2) is 5.11 Å². The summed E-state index contributed by atoms with van der Waals surface area (Å²) in [4.78, 5) is 2.16. The quantitative estimate of drug-likeness (QED) is 0.830. The summed E-state index contributed by atoms with van der Waals surface area (Å²) in [5.41, 5.74) is 1.24. The van der Waals surface area contributed by atoms with Crippen LogP contribution >= 0.6 is 12.2 Å². The van der Waals surface area contributed by atoms with E-state index in [1.807, 2.05) is 12.1 Å². The summed E-state index contributed by atoms with van der Waals surface area (Å²) >= 11 is 5.38. The molecule has 1 aliphatic rings. The van der Waals surface area contributed by atoms with Crippen molar-refractivity contribution in [1.29, 1.82) is 0 Å². The molecule has 5 heteroatoms. The van der Waals surface area contributed by atoms with Crippen LogP contribution in [0.2, 0.25) is 0 Å². The number of hydrogen-bond donors (Lipinski definition) is 2. The Balaban J connectivity index is 1.90. The summed E-state index contributed by atoms with van der Waals surface area (Å²) in [5.74, 6) is 0.869. The van der Waals surface area contributed by atoms with Crippen molar-refractivity contribution in [2.24, 2.45) is 0 Å². The second-order valence-electron chi connectivity index (χ2n) is 5.44. The van der Waals surface area contributed by atoms with E-state index in [1.54, 1.807) is 7.11 Å². The van der Waals surface area contributed by atoms with Gasteiger partial charge < -0.3 is 20.1 Å². The Morgan fingerprint density at radius 3 is 2.82 bits per heavy atom. The van der Waals surface area contributed by atoms with Gasteiger partial charge in [0.2, 0.25) is 0 Å². The third-order valence-corrected chi connectivity index (χ3v) is 4.48. The van der Waals surface area contributed by atoms with Crippen LogP contribution in [-0.4, -0.2) is 41.9 Å². The molecule has 0 saturated carbocycles. The first-order chi connectivity index (χ1) is 10.7. The number of ether oxygens (including phenoxy) is 1. The van der Waals surface area contributed by atoms with Gasteiger partial charge in [0.05, 0.1) is 13.2 Å². The second-order valence-corrected chi connectivity index (χ2v) is 5.83. The Morgan fingerprint density at radius 1 is 1.27 bits per heavy atom. The molecule has 0 aliphatic carbocycles. The number of aliphatic hydroxyl groups is 1. The maximum absolute atomic E-state index is 9.06. The standard InChI is InChI=1S/C17H20N2O2S/c1-21-15-6-5-12-9-14(4-3-13(12)10-15)16-11-18-17(22)19(16)7-2-8-20/h3-6,9-10,16,20H,2,7-8,11H2,1H3,(H,18,22). The largest absolute Gasteiger partial charge is 0.497 e. The van der Waals surface area contributed by atoms with Crippen LogP contribution in [0.3, 0.4) is 0 Å². The number of hydrogen-bond acceptors (Lipinski definition) is 3. The molecule has 116 valence electrons. The molecule has 0 aromatic heterocycles. The van der Waals surface area contributed by atoms with Crippen LogP contribution in [0.5, 0.6) is 5.75 Å². The SMILES string of the molecule is COc1ccc2cc(C3CNC(=S)N3CCCO)ccc2c1. The number of thiocarbonyl (C=S) groups is 1. The average molecular weight is 316 g/mol. The molecule has 1 heterocycles. The maximum Gasteiger partial charge on any atom is 0.169 e. The van der Waals surface area contributed by atoms with Gasteiger partial charge in [-0.15, -0.1) is 0 Å². The minimum Gasteiger partial charge on any atom is -0.497 e. The smallest absolute Gasteiger partial charge is 0.169 e. The number of methoxy groups -OCH3 is 1. The Kier molecular flexibility index (Phi) is 4.45. The molecule has 1 atom stereocenters. The fourth-order valence-corrected chi connectivity index (χ4v) is 3.21. The third kappa shape index (κ3) is 2.87. The molecule has 1 aliphatic heterocycles. The van der Waals surface area contributed by atoms with E-state index < -0.39 is 0 Å². The first kappa shape index (κ1) is 15.1. The highest BCUT2D eigenvalue weighted by molar-refractivity contribution is 7.80. The Labute approximate surface area is 135 Å². The fourth-order valence-electron chi connectivity index (χ4n) is 2.91. The number of nitrogens with one attached hydrogen (secondary N) is 1. The van der Waals surface area contributed by atoms with Crippen LogP contribution in [0.4, 0.5) is 0 Å². The molecule has 22 heavy (non-hydrogen) atoms. The molecule has 1 unspecified atom stereocenters. The van der Waals surface area contributed by atoms with Crippen molar-refractivity contribution in [2.45, 2.75) is 12.5 Å². The molecule has 1 saturated heterocycles. The lowest BCUT2D eigenvalue weighted by Crippen LogP contribution is -2.31. The highest BCUT2D eigenvalue weighted by atomic mass is 32.1. The monoisotopic (exact) mass is 316 g/mol. The zero-order valence-electron chi connectivity index (χ0n) is 12.6. The Morgan fingerprint density at radius 2 is 2.05 bits per heavy atom. The normalized spacial score (nSPS) is 17.8. The van der Waals surface area contributed by atoms with Crippen LogP contribution in [-0.2, 0) is 0 Å². The van der Waals surface area contributed by atoms with Gasteiger partial charge in [-0.1, -0.05) is 18.2 Å². The van der Waals surface area contributed by atoms with Crippen LogP contribution in [0.25, 0.3) is 10.8 Å². The molecule has 2 aromatic rings. The summed E-state index contributed by atoms with van der Waals surface area (Å²) in [6, 6.07) is 12.8. The van der Waals surface area contributed by atoms with Gasteiger partial charge >= 0.3 is 0 Å². The molecular formula is C17H20N2O2S. The van der Waals surface area contributed by atoms with E-state index in [9.17, 15) is 0 Å². The average Bonchev–Trinajstić information content (AvgIpc) is 2.92. The molecule has 0 radical (unpaired) electrons. The van der Waals surface area contributed by atoms with Gasteiger partial charge in [-0.3, -0.25) is 0 Å². The number of rotatable bonds is 5. The number of nitrogens with zero attached hydrogens (tertiary/aromatic N) is 1. The number of benzene rings is 2. The van der Waals surface area contributed by atoms with Crippen molar-refractivity contribution in [3.8, 4) is 5.75 Å². The van der Waals surface area contributed by atoms with E-state index in [4.69, 9.17) is 22.1 Å². The molecule has 0 spiro atoms. The summed E-state index contributed by atoms with van der Waals surface area (Å²) in [5, 5.41) is 15.4. The fraction of sp³-hybridized carbons (Fsp3) is 0.353. The lowest BCUT2D eigenvalue weighted by Gasteiger charge is -2.25. The lowest BCUT2D eigenvalue weighted by molar-refractivity contribution is 0.257. The van der Waals surface area contributed by atoms with Gasteiger partial charge in [0.1, 0.15) is 5.75 Å². The second kappa shape index (κ2) is 6.50. The summed E-state index contributed by atoms with van der Waals surface area (Å²) in [6.45, 7) is 1.77. The van der Waals surface area contributed by atoms with E-state index in [-0.39, 0.29) is 12.6 Å². The van der Waals surface area contributed by atoms with Crippen LogP contribution in [0, 0.1) is 0 Å². The molecule has 1 fully saturated rings. The zero-order chi connectivity index (χ0) is 15.5. The molecule has 4 nitrogen and oxygen atoms in total. The third-order valence-electron chi connectivity index (χ3n) is 4.10. The molecule has 0 amide bonds. The Bertz CT molecular complexity index is 689. The first-order valence-electron chi connectivity index (χ1n) is 7.46. The minimum atomic E-state index is 0.184. The van der Waals surface area contributed by atoms with Gasteiger partial charge in [0, 0.05) is 19.7 Å². The molecule has 3 rings (SSSR count). The topological polar surface area (TPSA) is 44.7 Å². The predicted molar refractivity (Wildman–Crippen MR) is 92.3 cm³/mol. The minimum absolute atomic E-state index is 0.184. The van der Waals surface area contributed by atoms with Crippen molar-refractivity contribution in [1.82, 2.24) is 10.2 Å². The molecule has 0 bridgehead atoms. The molecular weight excluding hydrogens is 296 g/mol. The summed E-state index contributed by atoms with van der Waals surface area (Å²) in [7, 11) is 1.68. The van der Waals surface area contributed by atoms with E-state index in [1.165, 1.54) is 16.3 Å². The summed E-state index contributed by atoms with van der Waals surface area (Å²) in [6.07, 6.45) is 0.725. The molecule has 2 N–H and O–H groups in total. The van der Waals surface area contributed by atoms with Gasteiger partial charge in [0.25, 0.3) is 0 Å². The van der Waals surface area contributed by atoms with Crippen molar-refractivity contribution >= 4 is 28.1 Å². The van der Waals surface area contributed by atoms with E-state index in [0.717, 1.165) is 30.4 Å².